The van der Waals surface area contributed by atoms with Crippen LogP contribution in [0.3, 0.4) is 0 Å². The van der Waals surface area contributed by atoms with E-state index in [9.17, 15) is 33.4 Å². The summed E-state index contributed by atoms with van der Waals surface area (Å²) in [5.74, 6) is -0.968. The third kappa shape index (κ3) is 10.0. The molecule has 242 valence electrons. The van der Waals surface area contributed by atoms with Crippen molar-refractivity contribution in [2.45, 2.75) is 49.2 Å². The van der Waals surface area contributed by atoms with Crippen molar-refractivity contribution in [1.82, 2.24) is 0 Å². The topological polar surface area (TPSA) is 212 Å². The van der Waals surface area contributed by atoms with Gasteiger partial charge in [0.1, 0.15) is 11.5 Å². The Bertz CT molecular complexity index is 1560. The number of aliphatic hydroxyl groups excluding tert-OH is 3. The first kappa shape index (κ1) is 37.5. The molecule has 0 aliphatic carbocycles. The molecule has 11 nitrogen and oxygen atoms in total. The predicted octanol–water partition coefficient (Wildman–Crippen LogP) is -0.409. The molecule has 0 unspecified atom stereocenters. The van der Waals surface area contributed by atoms with Gasteiger partial charge in [-0.2, -0.15) is 0 Å². The van der Waals surface area contributed by atoms with Crippen molar-refractivity contribution < 1.29 is 67.7 Å². The molecule has 0 radical (unpaired) electrons. The van der Waals surface area contributed by atoms with Crippen LogP contribution in [-0.2, 0) is 28.7 Å². The number of aliphatic hydroxyl groups is 3. The molecular formula is C33H40N3NaO8S. The average molecular weight is 662 g/mol. The number of benzene rings is 3. The van der Waals surface area contributed by atoms with E-state index >= 15 is 0 Å². The van der Waals surface area contributed by atoms with Crippen molar-refractivity contribution in [3.8, 4) is 11.5 Å². The van der Waals surface area contributed by atoms with Gasteiger partial charge in [0.25, 0.3) is 0 Å². The second kappa shape index (κ2) is 16.8. The maximum Gasteiger partial charge on any atom is 1.00 e. The Morgan fingerprint density at radius 3 is 2.22 bits per heavy atom. The van der Waals surface area contributed by atoms with Crippen LogP contribution in [0, 0.1) is 11.8 Å². The van der Waals surface area contributed by atoms with Crippen LogP contribution in [0.2, 0.25) is 0 Å². The number of aliphatic imine (C=N–C) groups is 1. The van der Waals surface area contributed by atoms with Crippen LogP contribution in [-0.4, -0.2) is 57.8 Å². The fourth-order valence-corrected chi connectivity index (χ4v) is 6.74. The number of rotatable bonds is 10. The second-order valence-corrected chi connectivity index (χ2v) is 13.0. The molecule has 46 heavy (non-hydrogen) atoms. The summed E-state index contributed by atoms with van der Waals surface area (Å²) in [7, 11) is -4.76. The quantitative estimate of drug-likeness (QED) is 0.0544. The van der Waals surface area contributed by atoms with Gasteiger partial charge in [-0.05, 0) is 78.5 Å². The molecule has 4 heterocycles. The summed E-state index contributed by atoms with van der Waals surface area (Å²) < 4.78 is 44.4. The number of phenols is 1. The van der Waals surface area contributed by atoms with E-state index in [0.29, 0.717) is 22.4 Å². The standard InChI is InChI=1S/C33H41N3O8S.Na/c34-32(35)36-33(20-24(21-38)17-18-37)27-9-1-23(2-10-27)19-26(8-15-30(40)25-6-11-28(39)12-7-25)31(45(41,42)43)16-5-22-3-13-29(44-33)14-4-22;/h1-4,6-15,24,26,30-31,37-40H,5,16-21H2,(H4,34,35,36)(H,41,42,43);/q;+1/p-1/b15-8+;/t24-,26+,30-,31-,33+;/m1./s1. The Morgan fingerprint density at radius 1 is 1.02 bits per heavy atom. The van der Waals surface area contributed by atoms with Gasteiger partial charge in [0.2, 0.25) is 5.72 Å². The molecule has 7 rings (SSSR count). The van der Waals surface area contributed by atoms with E-state index in [1.165, 1.54) is 18.2 Å². The van der Waals surface area contributed by atoms with E-state index in [2.05, 4.69) is 4.99 Å². The van der Waals surface area contributed by atoms with Crippen LogP contribution in [0.25, 0.3) is 0 Å². The SMILES string of the molecule is NC(N)=N[C@@]1(C[C@H](CO)CCO)Oc2ccc(cc2)CC[C@@H](S(=O)(=O)[O-])[C@@H](/C=C/[C@@H](O)c2ccc(O)cc2)Cc2ccc1cc2.[Na+]. The monoisotopic (exact) mass is 661 g/mol. The number of guanidine groups is 1. The molecule has 0 saturated carbocycles. The number of aryl methyl sites for hydroxylation is 1. The molecule has 0 spiro atoms. The van der Waals surface area contributed by atoms with Crippen LogP contribution in [0.15, 0.2) is 89.9 Å². The molecule has 0 aromatic heterocycles. The van der Waals surface area contributed by atoms with Gasteiger partial charge in [0.05, 0.1) is 21.5 Å². The Kier molecular flexibility index (Phi) is 13.7. The zero-order valence-corrected chi connectivity index (χ0v) is 28.6. The average Bonchev–Trinajstić information content (AvgIpc) is 3.00. The van der Waals surface area contributed by atoms with Crippen molar-refractivity contribution in [2.24, 2.45) is 28.3 Å². The van der Waals surface area contributed by atoms with E-state index in [1.807, 2.05) is 0 Å². The van der Waals surface area contributed by atoms with E-state index < -0.39 is 39.0 Å². The van der Waals surface area contributed by atoms with E-state index in [4.69, 9.17) is 16.2 Å². The number of phenolic OH excluding ortho intramolecular Hbond substituents is 1. The first-order valence-electron chi connectivity index (χ1n) is 14.7. The van der Waals surface area contributed by atoms with Gasteiger partial charge in [0, 0.05) is 25.2 Å². The minimum atomic E-state index is -4.76. The molecule has 5 atom stereocenters. The van der Waals surface area contributed by atoms with Gasteiger partial charge in [-0.15, -0.1) is 0 Å². The van der Waals surface area contributed by atoms with Crippen LogP contribution in [0.5, 0.6) is 11.5 Å². The summed E-state index contributed by atoms with van der Waals surface area (Å²) in [6.07, 6.45) is 2.87. The Morgan fingerprint density at radius 2 is 1.65 bits per heavy atom. The van der Waals surface area contributed by atoms with Crippen molar-refractivity contribution in [3.05, 3.63) is 107 Å². The Labute approximate surface area is 291 Å². The van der Waals surface area contributed by atoms with Gasteiger partial charge < -0.3 is 41.2 Å². The van der Waals surface area contributed by atoms with Crippen molar-refractivity contribution >= 4 is 16.1 Å². The van der Waals surface area contributed by atoms with Crippen LogP contribution in [0.1, 0.15) is 47.6 Å². The van der Waals surface area contributed by atoms with Gasteiger partial charge in [0.15, 0.2) is 5.96 Å². The summed E-state index contributed by atoms with van der Waals surface area (Å²) in [6.45, 7) is -0.394. The smallest absolute Gasteiger partial charge is 0.748 e. The van der Waals surface area contributed by atoms with Crippen LogP contribution < -0.4 is 45.8 Å². The molecule has 3 aromatic carbocycles. The molecule has 13 heteroatoms. The summed E-state index contributed by atoms with van der Waals surface area (Å²) in [5, 5.41) is 38.7. The maximum absolute atomic E-state index is 12.7. The molecule has 3 aromatic rings. The second-order valence-electron chi connectivity index (χ2n) is 11.4. The van der Waals surface area contributed by atoms with Gasteiger partial charge in [-0.1, -0.05) is 60.7 Å². The molecule has 0 fully saturated rings. The van der Waals surface area contributed by atoms with Crippen molar-refractivity contribution in [2.75, 3.05) is 13.2 Å². The molecule has 4 aliphatic rings. The van der Waals surface area contributed by atoms with E-state index in [0.717, 1.165) is 5.56 Å². The number of ether oxygens (including phenoxy) is 1. The number of nitrogens with two attached hydrogens (primary N) is 2. The first-order chi connectivity index (χ1) is 21.4. The Hall–Kier alpha value is -2.94. The third-order valence-electron chi connectivity index (χ3n) is 8.10. The minimum absolute atomic E-state index is 0. The number of hydrogen-bond acceptors (Lipinski definition) is 9. The molecule has 8 N–H and O–H groups in total. The summed E-state index contributed by atoms with van der Waals surface area (Å²) in [5.41, 5.74) is 12.8. The van der Waals surface area contributed by atoms with Crippen LogP contribution >= 0.6 is 0 Å². The molecule has 0 amide bonds. The van der Waals surface area contributed by atoms with Crippen LogP contribution in [0.4, 0.5) is 0 Å². The van der Waals surface area contributed by atoms with Gasteiger partial charge in [-0.25, -0.2) is 13.4 Å². The largest absolute Gasteiger partial charge is 1.00 e. The molecule has 4 aliphatic heterocycles. The fraction of sp³-hybridized carbons (Fsp3) is 0.364. The Balaban J connectivity index is 0.00000576. The third-order valence-corrected chi connectivity index (χ3v) is 9.43. The summed E-state index contributed by atoms with van der Waals surface area (Å²) in [4.78, 5) is 4.50. The number of allylic oxidation sites excluding steroid dienone is 1. The van der Waals surface area contributed by atoms with Gasteiger partial charge in [-0.3, -0.25) is 0 Å². The zero-order chi connectivity index (χ0) is 32.6. The number of hydrogen-bond donors (Lipinski definition) is 6. The fourth-order valence-electron chi connectivity index (χ4n) is 5.72. The minimum Gasteiger partial charge on any atom is -0.748 e. The maximum atomic E-state index is 12.7. The first-order valence-corrected chi connectivity index (χ1v) is 16.2. The normalized spacial score (nSPS) is 21.4. The molecule has 0 saturated heterocycles. The van der Waals surface area contributed by atoms with Crippen molar-refractivity contribution in [1.29, 1.82) is 0 Å². The van der Waals surface area contributed by atoms with E-state index in [-0.39, 0.29) is 86.6 Å². The molecule has 4 bridgehead atoms. The summed E-state index contributed by atoms with van der Waals surface area (Å²) in [6, 6.07) is 19.9. The van der Waals surface area contributed by atoms with E-state index in [1.54, 1.807) is 66.7 Å². The number of aromatic hydroxyl groups is 1. The van der Waals surface area contributed by atoms with Gasteiger partial charge >= 0.3 is 29.6 Å². The predicted molar refractivity (Wildman–Crippen MR) is 169 cm³/mol. The summed E-state index contributed by atoms with van der Waals surface area (Å²) >= 11 is 0. The number of nitrogens with zero attached hydrogens (tertiary/aromatic N) is 1. The van der Waals surface area contributed by atoms with Crippen molar-refractivity contribution in [3.63, 3.8) is 0 Å². The molecular weight excluding hydrogens is 621 g/mol. The zero-order valence-electron chi connectivity index (χ0n) is 25.8.